The lowest BCUT2D eigenvalue weighted by Gasteiger charge is -2.11. The number of para-hydroxylation sites is 1. The zero-order valence-corrected chi connectivity index (χ0v) is 10.6. The Morgan fingerprint density at radius 3 is 2.44 bits per heavy atom. The number of pyridine rings is 1. The molecule has 0 saturated carbocycles. The van der Waals surface area contributed by atoms with Crippen LogP contribution in [0.1, 0.15) is 10.4 Å². The fraction of sp³-hybridized carbons (Fsp3) is 0.0769. The number of hydrogen-bond acceptors (Lipinski definition) is 2. The van der Waals surface area contributed by atoms with Crippen molar-refractivity contribution in [3.63, 3.8) is 0 Å². The summed E-state index contributed by atoms with van der Waals surface area (Å²) in [6, 6.07) is 12.8. The summed E-state index contributed by atoms with van der Waals surface area (Å²) in [5, 5.41) is 9.11. The Kier molecular flexibility index (Phi) is 4.68. The molecule has 2 rings (SSSR count). The maximum atomic E-state index is 11.1. The highest BCUT2D eigenvalue weighted by molar-refractivity contribution is 5.93. The van der Waals surface area contributed by atoms with Crippen LogP contribution < -0.4 is 22.3 Å². The van der Waals surface area contributed by atoms with Crippen LogP contribution in [0.4, 0.5) is 11.5 Å². The van der Waals surface area contributed by atoms with Gasteiger partial charge in [-0.05, 0) is 24.3 Å². The van der Waals surface area contributed by atoms with Gasteiger partial charge in [-0.3, -0.25) is 0 Å². The van der Waals surface area contributed by atoms with Crippen molar-refractivity contribution in [3.8, 4) is 0 Å². The average Bonchev–Trinajstić information content (AvgIpc) is 2.39. The van der Waals surface area contributed by atoms with Crippen LogP contribution in [0.5, 0.6) is 0 Å². The topological polar surface area (TPSA) is 54.7 Å². The number of nitrogens with one attached hydrogen (secondary N) is 1. The first-order chi connectivity index (χ1) is 8.20. The smallest absolute Gasteiger partial charge is 0.344 e. The van der Waals surface area contributed by atoms with Crippen LogP contribution in [0.3, 0.4) is 0 Å². The molecule has 2 N–H and O–H groups in total. The van der Waals surface area contributed by atoms with Gasteiger partial charge in [0.25, 0.3) is 5.82 Å². The van der Waals surface area contributed by atoms with Crippen molar-refractivity contribution in [3.05, 3.63) is 54.2 Å². The van der Waals surface area contributed by atoms with Gasteiger partial charge in [0, 0.05) is 0 Å². The zero-order valence-electron chi connectivity index (χ0n) is 9.80. The third-order valence-electron chi connectivity index (χ3n) is 2.54. The van der Waals surface area contributed by atoms with Gasteiger partial charge in [0.05, 0.1) is 13.2 Å². The molecular formula is C13H13ClN2O2. The Morgan fingerprint density at radius 2 is 1.83 bits per heavy atom. The highest BCUT2D eigenvalue weighted by Gasteiger charge is 2.21. The standard InChI is InChI=1S/C13H12N2O2.ClH/c1-15(10-6-3-2-4-7-10)12-11(13(16)17)8-5-9-14-12;/h2-9H,1H3,(H,16,17);1H. The predicted octanol–water partition coefficient (Wildman–Crippen LogP) is -1.03. The van der Waals surface area contributed by atoms with E-state index in [0.717, 1.165) is 5.69 Å². The van der Waals surface area contributed by atoms with E-state index in [2.05, 4.69) is 4.98 Å². The van der Waals surface area contributed by atoms with Crippen molar-refractivity contribution in [2.75, 3.05) is 11.9 Å². The van der Waals surface area contributed by atoms with Gasteiger partial charge in [0.15, 0.2) is 0 Å². The number of rotatable bonds is 3. The van der Waals surface area contributed by atoms with Crippen LogP contribution in [-0.2, 0) is 0 Å². The van der Waals surface area contributed by atoms with E-state index in [1.165, 1.54) is 0 Å². The second-order valence-electron chi connectivity index (χ2n) is 3.63. The van der Waals surface area contributed by atoms with E-state index < -0.39 is 5.97 Å². The molecule has 2 aromatic rings. The van der Waals surface area contributed by atoms with Crippen molar-refractivity contribution in [2.24, 2.45) is 0 Å². The van der Waals surface area contributed by atoms with Crippen LogP contribution in [0.25, 0.3) is 0 Å². The molecule has 1 heterocycles. The van der Waals surface area contributed by atoms with E-state index in [4.69, 9.17) is 5.11 Å². The number of nitrogens with zero attached hydrogens (tertiary/aromatic N) is 1. The molecule has 0 aliphatic carbocycles. The minimum absolute atomic E-state index is 0. The first-order valence-corrected chi connectivity index (χ1v) is 5.23. The summed E-state index contributed by atoms with van der Waals surface area (Å²) in [5.74, 6) is -0.383. The largest absolute Gasteiger partial charge is 1.00 e. The van der Waals surface area contributed by atoms with Crippen LogP contribution in [0, 0.1) is 0 Å². The number of aromatic carboxylic acids is 1. The first kappa shape index (κ1) is 14.0. The van der Waals surface area contributed by atoms with Crippen molar-refractivity contribution in [1.29, 1.82) is 0 Å². The summed E-state index contributed by atoms with van der Waals surface area (Å²) >= 11 is 0. The van der Waals surface area contributed by atoms with Gasteiger partial charge in [0.1, 0.15) is 11.3 Å². The summed E-state index contributed by atoms with van der Waals surface area (Å²) < 4.78 is 0. The number of aromatic amines is 1. The number of halogens is 1. The Balaban J connectivity index is 0.00000162. The molecule has 0 spiro atoms. The normalized spacial score (nSPS) is 9.39. The Morgan fingerprint density at radius 1 is 1.17 bits per heavy atom. The van der Waals surface area contributed by atoms with Crippen molar-refractivity contribution in [2.45, 2.75) is 0 Å². The minimum atomic E-state index is -0.945. The van der Waals surface area contributed by atoms with E-state index in [-0.39, 0.29) is 18.0 Å². The molecule has 18 heavy (non-hydrogen) atoms. The van der Waals surface area contributed by atoms with Crippen LogP contribution in [-0.4, -0.2) is 18.1 Å². The van der Waals surface area contributed by atoms with Gasteiger partial charge < -0.3 is 17.5 Å². The SMILES string of the molecule is CN(c1ccccc1)c1[nH+]cccc1C(=O)O.[Cl-]. The molecule has 0 atom stereocenters. The third-order valence-corrected chi connectivity index (χ3v) is 2.54. The van der Waals surface area contributed by atoms with E-state index in [9.17, 15) is 4.79 Å². The number of carbonyl (C=O) groups is 1. The molecule has 0 bridgehead atoms. The molecule has 1 aromatic heterocycles. The van der Waals surface area contributed by atoms with E-state index >= 15 is 0 Å². The Bertz CT molecular complexity index is 532. The molecule has 0 aliphatic rings. The molecule has 0 radical (unpaired) electrons. The summed E-state index contributed by atoms with van der Waals surface area (Å²) in [4.78, 5) is 15.9. The fourth-order valence-electron chi connectivity index (χ4n) is 1.66. The van der Waals surface area contributed by atoms with E-state index in [0.29, 0.717) is 5.82 Å². The lowest BCUT2D eigenvalue weighted by atomic mass is 10.2. The number of carboxylic acid groups (broad SMARTS) is 1. The Labute approximate surface area is 111 Å². The first-order valence-electron chi connectivity index (χ1n) is 5.23. The molecule has 5 heteroatoms. The molecule has 94 valence electrons. The summed E-state index contributed by atoms with van der Waals surface area (Å²) in [5.41, 5.74) is 1.18. The Hall–Kier alpha value is -2.07. The number of hydrogen-bond donors (Lipinski definition) is 1. The number of benzene rings is 1. The van der Waals surface area contributed by atoms with Gasteiger partial charge in [-0.2, -0.15) is 0 Å². The highest BCUT2D eigenvalue weighted by Crippen LogP contribution is 2.22. The van der Waals surface area contributed by atoms with E-state index in [1.54, 1.807) is 18.3 Å². The molecule has 0 saturated heterocycles. The van der Waals surface area contributed by atoms with Crippen molar-refractivity contribution < 1.29 is 27.3 Å². The van der Waals surface area contributed by atoms with Crippen LogP contribution in [0.15, 0.2) is 48.7 Å². The van der Waals surface area contributed by atoms with Crippen LogP contribution in [0.2, 0.25) is 0 Å². The number of anilines is 2. The predicted molar refractivity (Wildman–Crippen MR) is 64.5 cm³/mol. The molecule has 0 aliphatic heterocycles. The monoisotopic (exact) mass is 264 g/mol. The van der Waals surface area contributed by atoms with Gasteiger partial charge in [-0.1, -0.05) is 18.2 Å². The highest BCUT2D eigenvalue weighted by atomic mass is 35.5. The maximum absolute atomic E-state index is 11.1. The molecular weight excluding hydrogens is 252 g/mol. The molecule has 0 amide bonds. The third kappa shape index (κ3) is 2.78. The molecule has 4 nitrogen and oxygen atoms in total. The van der Waals surface area contributed by atoms with E-state index in [1.807, 2.05) is 42.3 Å². The molecule has 1 aromatic carbocycles. The fourth-order valence-corrected chi connectivity index (χ4v) is 1.66. The second-order valence-corrected chi connectivity index (χ2v) is 3.63. The lowest BCUT2D eigenvalue weighted by Crippen LogP contribution is -3.00. The summed E-state index contributed by atoms with van der Waals surface area (Å²) in [6.07, 6.45) is 1.71. The number of aromatic nitrogens is 1. The van der Waals surface area contributed by atoms with Gasteiger partial charge >= 0.3 is 5.97 Å². The quantitative estimate of drug-likeness (QED) is 0.771. The zero-order chi connectivity index (χ0) is 12.3. The van der Waals surface area contributed by atoms with Gasteiger partial charge in [-0.25, -0.2) is 14.7 Å². The van der Waals surface area contributed by atoms with Gasteiger partial charge in [0.2, 0.25) is 0 Å². The number of carboxylic acids is 1. The summed E-state index contributed by atoms with van der Waals surface area (Å²) in [7, 11) is 1.83. The van der Waals surface area contributed by atoms with Gasteiger partial charge in [-0.15, -0.1) is 0 Å². The van der Waals surface area contributed by atoms with Crippen molar-refractivity contribution in [1.82, 2.24) is 0 Å². The maximum Gasteiger partial charge on any atom is 0.344 e. The van der Waals surface area contributed by atoms with Crippen molar-refractivity contribution >= 4 is 17.5 Å². The van der Waals surface area contributed by atoms with Crippen LogP contribution >= 0.6 is 0 Å². The minimum Gasteiger partial charge on any atom is -1.00 e. The summed E-state index contributed by atoms with van der Waals surface area (Å²) in [6.45, 7) is 0. The second kappa shape index (κ2) is 6.02. The average molecular weight is 265 g/mol. The molecule has 0 fully saturated rings. The lowest BCUT2D eigenvalue weighted by molar-refractivity contribution is -0.363. The number of H-pyrrole nitrogens is 1. The molecule has 0 unspecified atom stereocenters.